The van der Waals surface area contributed by atoms with Crippen LogP contribution in [-0.4, -0.2) is 11.5 Å². The van der Waals surface area contributed by atoms with Gasteiger partial charge in [0, 0.05) is 5.54 Å². The number of guanidine groups is 1. The molecular weight excluding hydrogens is 337 g/mol. The summed E-state index contributed by atoms with van der Waals surface area (Å²) in [5.74, 6) is 0.503. The summed E-state index contributed by atoms with van der Waals surface area (Å²) < 4.78 is 0. The highest BCUT2D eigenvalue weighted by molar-refractivity contribution is 14.0. The van der Waals surface area contributed by atoms with Gasteiger partial charge in [0.2, 0.25) is 0 Å². The number of hydrogen-bond donors (Lipinski definition) is 2. The number of hydrogen-bond acceptors (Lipinski definition) is 1. The number of aliphatic imine (C=N–C) groups is 1. The average Bonchev–Trinajstić information content (AvgIpc) is 2.24. The zero-order chi connectivity index (χ0) is 12.9. The molecule has 0 aliphatic rings. The van der Waals surface area contributed by atoms with Crippen LogP contribution >= 0.6 is 24.0 Å². The second kappa shape index (κ2) is 7.61. The van der Waals surface area contributed by atoms with E-state index in [0.29, 0.717) is 12.5 Å². The van der Waals surface area contributed by atoms with Crippen molar-refractivity contribution in [1.82, 2.24) is 5.32 Å². The first kappa shape index (κ1) is 17.2. The molecule has 0 radical (unpaired) electrons. The summed E-state index contributed by atoms with van der Waals surface area (Å²) >= 11 is 0. The van der Waals surface area contributed by atoms with Crippen LogP contribution in [0.2, 0.25) is 0 Å². The summed E-state index contributed by atoms with van der Waals surface area (Å²) in [6.07, 6.45) is 1.03. The lowest BCUT2D eigenvalue weighted by Crippen LogP contribution is -2.44. The van der Waals surface area contributed by atoms with E-state index in [-0.39, 0.29) is 29.5 Å². The van der Waals surface area contributed by atoms with Crippen molar-refractivity contribution in [2.24, 2.45) is 10.7 Å². The number of aryl methyl sites for hydroxylation is 1. The fraction of sp³-hybridized carbons (Fsp3) is 0.500. The van der Waals surface area contributed by atoms with Crippen molar-refractivity contribution in [3.05, 3.63) is 35.4 Å². The summed E-state index contributed by atoms with van der Waals surface area (Å²) in [5.41, 5.74) is 8.37. The highest BCUT2D eigenvalue weighted by Crippen LogP contribution is 2.10. The van der Waals surface area contributed by atoms with Gasteiger partial charge in [-0.25, -0.2) is 4.99 Å². The van der Waals surface area contributed by atoms with Gasteiger partial charge in [0.25, 0.3) is 0 Å². The Morgan fingerprint density at radius 2 is 1.78 bits per heavy atom. The van der Waals surface area contributed by atoms with E-state index in [1.54, 1.807) is 0 Å². The molecule has 0 heterocycles. The summed E-state index contributed by atoms with van der Waals surface area (Å²) in [5, 5.41) is 3.15. The third kappa shape index (κ3) is 6.23. The Morgan fingerprint density at radius 3 is 2.28 bits per heavy atom. The molecule has 0 aliphatic carbocycles. The van der Waals surface area contributed by atoms with Crippen LogP contribution in [0.4, 0.5) is 0 Å². The van der Waals surface area contributed by atoms with Crippen LogP contribution < -0.4 is 11.1 Å². The van der Waals surface area contributed by atoms with Crippen molar-refractivity contribution in [1.29, 1.82) is 0 Å². The zero-order valence-corrected chi connectivity index (χ0v) is 14.0. The maximum absolute atomic E-state index is 5.84. The largest absolute Gasteiger partial charge is 0.370 e. The van der Waals surface area contributed by atoms with Gasteiger partial charge in [-0.1, -0.05) is 31.2 Å². The number of nitrogens with zero attached hydrogens (tertiary/aromatic N) is 1. The first-order chi connectivity index (χ1) is 7.92. The van der Waals surface area contributed by atoms with E-state index in [9.17, 15) is 0 Å². The van der Waals surface area contributed by atoms with Gasteiger partial charge in [-0.3, -0.25) is 0 Å². The summed E-state index contributed by atoms with van der Waals surface area (Å²) in [6, 6.07) is 8.34. The second-order valence-electron chi connectivity index (χ2n) is 5.20. The lowest BCUT2D eigenvalue weighted by Gasteiger charge is -2.21. The van der Waals surface area contributed by atoms with Crippen LogP contribution in [0.3, 0.4) is 0 Å². The molecule has 0 aromatic heterocycles. The van der Waals surface area contributed by atoms with Crippen molar-refractivity contribution in [3.8, 4) is 0 Å². The first-order valence-corrected chi connectivity index (χ1v) is 6.07. The lowest BCUT2D eigenvalue weighted by molar-refractivity contribution is 0.508. The molecule has 102 valence electrons. The van der Waals surface area contributed by atoms with Crippen LogP contribution in [0.5, 0.6) is 0 Å². The van der Waals surface area contributed by atoms with E-state index in [1.807, 2.05) is 6.07 Å². The number of benzene rings is 1. The molecule has 1 rings (SSSR count). The molecule has 0 bridgehead atoms. The minimum absolute atomic E-state index is 0. The Kier molecular flexibility index (Phi) is 7.28. The Bertz CT molecular complexity index is 394. The molecule has 4 heteroatoms. The van der Waals surface area contributed by atoms with Crippen LogP contribution in [0.1, 0.15) is 38.8 Å². The number of nitrogens with two attached hydrogens (primary N) is 1. The Hall–Kier alpha value is -0.780. The predicted octanol–water partition coefficient (Wildman–Crippen LogP) is 3.07. The lowest BCUT2D eigenvalue weighted by atomic mass is 10.1. The molecule has 18 heavy (non-hydrogen) atoms. The molecule has 0 amide bonds. The van der Waals surface area contributed by atoms with Gasteiger partial charge in [0.05, 0.1) is 6.54 Å². The predicted molar refractivity (Wildman–Crippen MR) is 89.5 cm³/mol. The molecule has 0 saturated carbocycles. The van der Waals surface area contributed by atoms with Crippen molar-refractivity contribution < 1.29 is 0 Å². The van der Waals surface area contributed by atoms with Gasteiger partial charge in [0.1, 0.15) is 0 Å². The number of rotatable bonds is 3. The maximum Gasteiger partial charge on any atom is 0.189 e. The van der Waals surface area contributed by atoms with E-state index in [2.05, 4.69) is 56.2 Å². The van der Waals surface area contributed by atoms with Gasteiger partial charge in [-0.05, 0) is 38.3 Å². The Labute approximate surface area is 127 Å². The van der Waals surface area contributed by atoms with Gasteiger partial charge in [-0.2, -0.15) is 0 Å². The Balaban J connectivity index is 0.00000289. The second-order valence-corrected chi connectivity index (χ2v) is 5.20. The smallest absolute Gasteiger partial charge is 0.189 e. The average molecular weight is 361 g/mol. The molecule has 1 aromatic rings. The third-order valence-corrected chi connectivity index (χ3v) is 2.42. The van der Waals surface area contributed by atoms with E-state index in [1.165, 1.54) is 11.1 Å². The number of halogens is 1. The molecule has 0 spiro atoms. The van der Waals surface area contributed by atoms with Gasteiger partial charge < -0.3 is 11.1 Å². The molecular formula is C14H24IN3. The maximum atomic E-state index is 5.84. The fourth-order valence-corrected chi connectivity index (χ4v) is 1.65. The summed E-state index contributed by atoms with van der Waals surface area (Å²) in [4.78, 5) is 4.37. The molecule has 0 aliphatic heterocycles. The van der Waals surface area contributed by atoms with Crippen molar-refractivity contribution in [2.75, 3.05) is 0 Å². The normalized spacial score (nSPS) is 11.9. The highest BCUT2D eigenvalue weighted by atomic mass is 127. The monoisotopic (exact) mass is 361 g/mol. The molecule has 0 fully saturated rings. The van der Waals surface area contributed by atoms with Gasteiger partial charge >= 0.3 is 0 Å². The Morgan fingerprint density at radius 1 is 1.22 bits per heavy atom. The highest BCUT2D eigenvalue weighted by Gasteiger charge is 2.09. The van der Waals surface area contributed by atoms with Crippen molar-refractivity contribution in [2.45, 2.75) is 46.2 Å². The summed E-state index contributed by atoms with van der Waals surface area (Å²) in [7, 11) is 0. The SMILES string of the molecule is CCc1ccccc1CN=C(N)NC(C)(C)C.I. The zero-order valence-electron chi connectivity index (χ0n) is 11.7. The van der Waals surface area contributed by atoms with Crippen LogP contribution in [0.25, 0.3) is 0 Å². The van der Waals surface area contributed by atoms with E-state index >= 15 is 0 Å². The molecule has 0 unspecified atom stereocenters. The minimum atomic E-state index is -0.0438. The molecule has 3 nitrogen and oxygen atoms in total. The van der Waals surface area contributed by atoms with Crippen LogP contribution in [0.15, 0.2) is 29.3 Å². The molecule has 1 aromatic carbocycles. The molecule has 0 atom stereocenters. The van der Waals surface area contributed by atoms with Crippen LogP contribution in [0, 0.1) is 0 Å². The summed E-state index contributed by atoms with van der Waals surface area (Å²) in [6.45, 7) is 8.98. The molecule has 3 N–H and O–H groups in total. The van der Waals surface area contributed by atoms with Crippen molar-refractivity contribution in [3.63, 3.8) is 0 Å². The minimum Gasteiger partial charge on any atom is -0.370 e. The fourth-order valence-electron chi connectivity index (χ4n) is 1.65. The standard InChI is InChI=1S/C14H23N3.HI/c1-5-11-8-6-7-9-12(11)10-16-13(15)17-14(2,3)4;/h6-9H,5,10H2,1-4H3,(H3,15,16,17);1H. The van der Waals surface area contributed by atoms with Crippen LogP contribution in [-0.2, 0) is 13.0 Å². The third-order valence-electron chi connectivity index (χ3n) is 2.42. The van der Waals surface area contributed by atoms with Crippen molar-refractivity contribution >= 4 is 29.9 Å². The quantitative estimate of drug-likeness (QED) is 0.494. The van der Waals surface area contributed by atoms with E-state index < -0.39 is 0 Å². The van der Waals surface area contributed by atoms with E-state index in [0.717, 1.165) is 6.42 Å². The first-order valence-electron chi connectivity index (χ1n) is 6.07. The van der Waals surface area contributed by atoms with Gasteiger partial charge in [0.15, 0.2) is 5.96 Å². The topological polar surface area (TPSA) is 50.4 Å². The van der Waals surface area contributed by atoms with E-state index in [4.69, 9.17) is 5.73 Å². The number of nitrogens with one attached hydrogen (secondary N) is 1. The van der Waals surface area contributed by atoms with Gasteiger partial charge in [-0.15, -0.1) is 24.0 Å². The molecule has 0 saturated heterocycles.